The molecule has 3 rings (SSSR count). The third kappa shape index (κ3) is 4.11. The number of benzene rings is 2. The second-order valence-corrected chi connectivity index (χ2v) is 9.27. The molecule has 0 radical (unpaired) electrons. The van der Waals surface area contributed by atoms with Crippen molar-refractivity contribution in [3.63, 3.8) is 0 Å². The summed E-state index contributed by atoms with van der Waals surface area (Å²) in [7, 11) is -3.34. The molecule has 0 fully saturated rings. The highest BCUT2D eigenvalue weighted by molar-refractivity contribution is 9.10. The van der Waals surface area contributed by atoms with E-state index in [2.05, 4.69) is 21.2 Å². The van der Waals surface area contributed by atoms with Gasteiger partial charge in [-0.2, -0.15) is 4.31 Å². The summed E-state index contributed by atoms with van der Waals surface area (Å²) in [6, 6.07) is 13.3. The van der Waals surface area contributed by atoms with Gasteiger partial charge in [-0.3, -0.25) is 0 Å². The van der Waals surface area contributed by atoms with E-state index < -0.39 is 10.0 Å². The summed E-state index contributed by atoms with van der Waals surface area (Å²) in [4.78, 5) is 0. The number of nitrogens with zero attached hydrogens (tertiary/aromatic N) is 1. The molecule has 1 aliphatic rings. The van der Waals surface area contributed by atoms with Crippen LogP contribution in [0.1, 0.15) is 11.1 Å². The Hall–Kier alpha value is -1.08. The molecule has 0 aromatic heterocycles. The molecule has 0 saturated heterocycles. The number of rotatable bonds is 3. The molecule has 2 aromatic rings. The summed E-state index contributed by atoms with van der Waals surface area (Å²) >= 11 is 9.51. The Labute approximate surface area is 156 Å². The van der Waals surface area contributed by atoms with E-state index in [1.54, 1.807) is 4.31 Å². The predicted octanol–water partition coefficient (Wildman–Crippen LogP) is 3.90. The highest BCUT2D eigenvalue weighted by Crippen LogP contribution is 2.28. The van der Waals surface area contributed by atoms with Crippen molar-refractivity contribution in [2.24, 2.45) is 0 Å². The lowest BCUT2D eigenvalue weighted by Gasteiger charge is -2.27. The molecule has 2 aromatic carbocycles. The van der Waals surface area contributed by atoms with Gasteiger partial charge in [0.15, 0.2) is 0 Å². The van der Waals surface area contributed by atoms with Crippen molar-refractivity contribution in [2.45, 2.75) is 19.0 Å². The second-order valence-electron chi connectivity index (χ2n) is 5.98. The minimum Gasteiger partial charge on any atom is -0.383 e. The van der Waals surface area contributed by atoms with Crippen LogP contribution in [0.3, 0.4) is 0 Å². The number of sulfonamides is 1. The molecule has 0 saturated carbocycles. The molecular formula is C17H18BrClN2O2S. The summed E-state index contributed by atoms with van der Waals surface area (Å²) in [6.45, 7) is 0.903. The molecule has 24 heavy (non-hydrogen) atoms. The van der Waals surface area contributed by atoms with Gasteiger partial charge in [-0.15, -0.1) is 0 Å². The average molecular weight is 430 g/mol. The maximum Gasteiger partial charge on any atom is 0.211 e. The fourth-order valence-electron chi connectivity index (χ4n) is 2.99. The van der Waals surface area contributed by atoms with E-state index in [9.17, 15) is 8.42 Å². The Balaban J connectivity index is 1.94. The first-order chi connectivity index (χ1) is 11.3. The largest absolute Gasteiger partial charge is 0.383 e. The normalized spacial score (nSPS) is 18.5. The number of halogens is 2. The van der Waals surface area contributed by atoms with Gasteiger partial charge >= 0.3 is 0 Å². The minimum absolute atomic E-state index is 0.176. The number of hydrogen-bond donors (Lipinski definition) is 1. The van der Waals surface area contributed by atoms with Crippen LogP contribution in [0.15, 0.2) is 46.9 Å². The second kappa shape index (κ2) is 7.04. The van der Waals surface area contributed by atoms with Crippen molar-refractivity contribution in [3.8, 4) is 0 Å². The van der Waals surface area contributed by atoms with Gasteiger partial charge in [-0.25, -0.2) is 8.42 Å². The number of fused-ring (bicyclic) bond motifs is 1. The van der Waals surface area contributed by atoms with E-state index in [-0.39, 0.29) is 6.04 Å². The van der Waals surface area contributed by atoms with Gasteiger partial charge in [0.25, 0.3) is 0 Å². The first-order valence-corrected chi connectivity index (χ1v) is 10.6. The lowest BCUT2D eigenvalue weighted by atomic mass is 10.1. The Bertz CT molecular complexity index is 857. The lowest BCUT2D eigenvalue weighted by molar-refractivity contribution is 0.328. The molecule has 1 heterocycles. The van der Waals surface area contributed by atoms with E-state index in [4.69, 9.17) is 11.6 Å². The fourth-order valence-corrected chi connectivity index (χ4v) is 4.68. The van der Waals surface area contributed by atoms with E-state index in [1.807, 2.05) is 42.5 Å². The van der Waals surface area contributed by atoms with Gasteiger partial charge in [0.05, 0.1) is 6.26 Å². The zero-order valence-corrected chi connectivity index (χ0v) is 16.3. The molecule has 0 aliphatic carbocycles. The third-order valence-electron chi connectivity index (χ3n) is 4.12. The van der Waals surface area contributed by atoms with E-state index >= 15 is 0 Å². The van der Waals surface area contributed by atoms with Crippen LogP contribution in [0.4, 0.5) is 5.69 Å². The van der Waals surface area contributed by atoms with Crippen molar-refractivity contribution >= 4 is 43.2 Å². The molecule has 0 bridgehead atoms. The molecule has 1 atom stereocenters. The van der Waals surface area contributed by atoms with Crippen LogP contribution in [-0.4, -0.2) is 31.6 Å². The minimum atomic E-state index is -3.34. The van der Waals surface area contributed by atoms with Crippen molar-refractivity contribution in [2.75, 3.05) is 18.1 Å². The summed E-state index contributed by atoms with van der Waals surface area (Å²) in [5, 5.41) is 4.04. The average Bonchev–Trinajstić information content (AvgIpc) is 2.66. The molecule has 128 valence electrons. The molecular weight excluding hydrogens is 412 g/mol. The summed E-state index contributed by atoms with van der Waals surface area (Å²) in [5.41, 5.74) is 2.96. The van der Waals surface area contributed by atoms with Crippen LogP contribution < -0.4 is 5.32 Å². The SMILES string of the molecule is CS(=O)(=O)N1Cc2cc(Br)ccc2NCC1Cc1cccc(Cl)c1. The smallest absolute Gasteiger partial charge is 0.211 e. The maximum atomic E-state index is 12.4. The fraction of sp³-hybridized carbons (Fsp3) is 0.294. The van der Waals surface area contributed by atoms with E-state index in [0.29, 0.717) is 24.5 Å². The van der Waals surface area contributed by atoms with Gasteiger partial charge in [-0.1, -0.05) is 39.7 Å². The molecule has 0 amide bonds. The Morgan fingerprint density at radius 2 is 2.08 bits per heavy atom. The Morgan fingerprint density at radius 1 is 1.29 bits per heavy atom. The number of anilines is 1. The van der Waals surface area contributed by atoms with Crippen LogP contribution in [0, 0.1) is 0 Å². The summed E-state index contributed by atoms with van der Waals surface area (Å²) in [6.07, 6.45) is 1.87. The molecule has 1 aliphatic heterocycles. The monoisotopic (exact) mass is 428 g/mol. The zero-order valence-electron chi connectivity index (χ0n) is 13.2. The first kappa shape index (κ1) is 17.7. The zero-order chi connectivity index (χ0) is 17.3. The highest BCUT2D eigenvalue weighted by Gasteiger charge is 2.30. The topological polar surface area (TPSA) is 49.4 Å². The first-order valence-electron chi connectivity index (χ1n) is 7.56. The molecule has 1 N–H and O–H groups in total. The number of nitrogens with one attached hydrogen (secondary N) is 1. The van der Waals surface area contributed by atoms with Gasteiger partial charge in [0, 0.05) is 34.3 Å². The van der Waals surface area contributed by atoms with Crippen molar-refractivity contribution < 1.29 is 8.42 Å². The molecule has 0 spiro atoms. The van der Waals surface area contributed by atoms with Gasteiger partial charge in [-0.05, 0) is 47.9 Å². The van der Waals surface area contributed by atoms with Gasteiger partial charge in [0.2, 0.25) is 10.0 Å². The van der Waals surface area contributed by atoms with Crippen LogP contribution in [0.25, 0.3) is 0 Å². The van der Waals surface area contributed by atoms with Crippen molar-refractivity contribution in [1.29, 1.82) is 0 Å². The quantitative estimate of drug-likeness (QED) is 0.805. The standard InChI is InChI=1S/C17H18BrClN2O2S/c1-24(22,23)21-11-13-9-14(18)5-6-17(13)20-10-16(21)8-12-3-2-4-15(19)7-12/h2-7,9,16,20H,8,10-11H2,1H3. The van der Waals surface area contributed by atoms with Gasteiger partial charge in [0.1, 0.15) is 0 Å². The predicted molar refractivity (Wildman–Crippen MR) is 102 cm³/mol. The molecule has 7 heteroatoms. The third-order valence-corrected chi connectivity index (χ3v) is 6.12. The summed E-state index contributed by atoms with van der Waals surface area (Å²) < 4.78 is 27.2. The van der Waals surface area contributed by atoms with Crippen molar-refractivity contribution in [3.05, 3.63) is 63.1 Å². The highest BCUT2D eigenvalue weighted by atomic mass is 79.9. The van der Waals surface area contributed by atoms with Gasteiger partial charge < -0.3 is 5.32 Å². The van der Waals surface area contributed by atoms with Crippen LogP contribution in [-0.2, 0) is 23.0 Å². The maximum absolute atomic E-state index is 12.4. The Morgan fingerprint density at radius 3 is 2.79 bits per heavy atom. The number of hydrogen-bond acceptors (Lipinski definition) is 3. The van der Waals surface area contributed by atoms with Crippen molar-refractivity contribution in [1.82, 2.24) is 4.31 Å². The van der Waals surface area contributed by atoms with Crippen LogP contribution in [0.2, 0.25) is 5.02 Å². The van der Waals surface area contributed by atoms with Crippen LogP contribution >= 0.6 is 27.5 Å². The Kier molecular flexibility index (Phi) is 5.20. The summed E-state index contributed by atoms with van der Waals surface area (Å²) in [5.74, 6) is 0. The molecule has 1 unspecified atom stereocenters. The van der Waals surface area contributed by atoms with E-state index in [1.165, 1.54) is 6.26 Å². The molecule has 4 nitrogen and oxygen atoms in total. The lowest BCUT2D eigenvalue weighted by Crippen LogP contribution is -2.42. The van der Waals surface area contributed by atoms with Crippen LogP contribution in [0.5, 0.6) is 0 Å². The van der Waals surface area contributed by atoms with E-state index in [0.717, 1.165) is 21.3 Å².